The van der Waals surface area contributed by atoms with Crippen LogP contribution in [0.1, 0.15) is 32.6 Å². The molecule has 1 amide bonds. The van der Waals surface area contributed by atoms with Gasteiger partial charge in [0, 0.05) is 12.1 Å². The molecule has 0 radical (unpaired) electrons. The molecule has 0 bridgehead atoms. The van der Waals surface area contributed by atoms with Crippen LogP contribution in [-0.2, 0) is 13.1 Å². The fourth-order valence-electron chi connectivity index (χ4n) is 3.54. The topological polar surface area (TPSA) is 81.8 Å². The summed E-state index contributed by atoms with van der Waals surface area (Å²) in [7, 11) is 0. The number of amides is 1. The van der Waals surface area contributed by atoms with Crippen molar-refractivity contribution in [3.05, 3.63) is 93.2 Å². The average molecular weight is 415 g/mol. The molecule has 31 heavy (non-hydrogen) atoms. The molecule has 7 nitrogen and oxygen atoms in total. The summed E-state index contributed by atoms with van der Waals surface area (Å²) < 4.78 is 3.24. The molecule has 2 aromatic heterocycles. The van der Waals surface area contributed by atoms with Crippen LogP contribution in [0.4, 0.5) is 0 Å². The lowest BCUT2D eigenvalue weighted by Crippen LogP contribution is -2.28. The van der Waals surface area contributed by atoms with Crippen molar-refractivity contribution in [1.82, 2.24) is 24.6 Å². The normalized spacial score (nSPS) is 11.1. The number of benzene rings is 2. The number of carbonyl (C=O) groups excluding carboxylic acids is 1. The first-order valence-corrected chi connectivity index (χ1v) is 10.2. The summed E-state index contributed by atoms with van der Waals surface area (Å²) in [4.78, 5) is 29.7. The zero-order chi connectivity index (χ0) is 22.0. The molecule has 2 heterocycles. The van der Waals surface area contributed by atoms with E-state index in [1.165, 1.54) is 0 Å². The van der Waals surface area contributed by atoms with E-state index in [2.05, 4.69) is 21.5 Å². The van der Waals surface area contributed by atoms with Gasteiger partial charge in [0.25, 0.3) is 11.5 Å². The first-order valence-electron chi connectivity index (χ1n) is 10.2. The van der Waals surface area contributed by atoms with Gasteiger partial charge in [-0.05, 0) is 49.6 Å². The molecule has 4 aromatic rings. The lowest BCUT2D eigenvalue weighted by molar-refractivity contribution is 0.0952. The number of rotatable bonds is 6. The zero-order valence-corrected chi connectivity index (χ0v) is 17.9. The van der Waals surface area contributed by atoms with Gasteiger partial charge in [-0.1, -0.05) is 35.9 Å². The third kappa shape index (κ3) is 4.40. The van der Waals surface area contributed by atoms with Crippen LogP contribution in [0, 0.1) is 20.8 Å². The SMILES string of the molecule is Cc1cccc(Cn2cnc3c(cnn3CCNC(=O)c3ccc(C)c(C)c3)c2=O)c1. The number of aromatic nitrogens is 4. The molecular formula is C24H25N5O2. The van der Waals surface area contributed by atoms with Gasteiger partial charge in [0.1, 0.15) is 11.7 Å². The van der Waals surface area contributed by atoms with Crippen LogP contribution < -0.4 is 10.9 Å². The number of nitrogens with one attached hydrogen (secondary N) is 1. The van der Waals surface area contributed by atoms with Crippen molar-refractivity contribution in [3.8, 4) is 0 Å². The molecular weight excluding hydrogens is 390 g/mol. The lowest BCUT2D eigenvalue weighted by Gasteiger charge is -2.09. The van der Waals surface area contributed by atoms with Crippen molar-refractivity contribution in [2.24, 2.45) is 0 Å². The predicted molar refractivity (Wildman–Crippen MR) is 120 cm³/mol. The van der Waals surface area contributed by atoms with Crippen molar-refractivity contribution in [3.63, 3.8) is 0 Å². The molecule has 0 fully saturated rings. The van der Waals surface area contributed by atoms with Gasteiger partial charge in [0.2, 0.25) is 0 Å². The number of fused-ring (bicyclic) bond motifs is 1. The fourth-order valence-corrected chi connectivity index (χ4v) is 3.54. The van der Waals surface area contributed by atoms with Gasteiger partial charge in [-0.3, -0.25) is 14.2 Å². The number of carbonyl (C=O) groups is 1. The van der Waals surface area contributed by atoms with Crippen LogP contribution in [0.15, 0.2) is 59.8 Å². The third-order valence-electron chi connectivity index (χ3n) is 5.44. The van der Waals surface area contributed by atoms with Crippen LogP contribution >= 0.6 is 0 Å². The molecule has 158 valence electrons. The summed E-state index contributed by atoms with van der Waals surface area (Å²) in [5.74, 6) is -0.131. The molecule has 0 spiro atoms. The van der Waals surface area contributed by atoms with Crippen molar-refractivity contribution in [1.29, 1.82) is 0 Å². The molecule has 0 saturated heterocycles. The molecule has 0 aliphatic carbocycles. The number of nitrogens with zero attached hydrogens (tertiary/aromatic N) is 4. The first kappa shape index (κ1) is 20.5. The summed E-state index contributed by atoms with van der Waals surface area (Å²) >= 11 is 0. The van der Waals surface area contributed by atoms with Crippen molar-refractivity contribution >= 4 is 16.9 Å². The summed E-state index contributed by atoms with van der Waals surface area (Å²) in [6, 6.07) is 13.7. The zero-order valence-electron chi connectivity index (χ0n) is 17.9. The maximum absolute atomic E-state index is 12.9. The summed E-state index contributed by atoms with van der Waals surface area (Å²) in [5, 5.41) is 7.67. The van der Waals surface area contributed by atoms with Gasteiger partial charge in [0.05, 0.1) is 19.3 Å². The largest absolute Gasteiger partial charge is 0.350 e. The van der Waals surface area contributed by atoms with E-state index in [-0.39, 0.29) is 11.5 Å². The molecule has 0 atom stereocenters. The molecule has 0 saturated carbocycles. The van der Waals surface area contributed by atoms with E-state index < -0.39 is 0 Å². The molecule has 1 N–H and O–H groups in total. The van der Waals surface area contributed by atoms with Crippen molar-refractivity contribution in [2.75, 3.05) is 6.54 Å². The number of hydrogen-bond acceptors (Lipinski definition) is 4. The summed E-state index contributed by atoms with van der Waals surface area (Å²) in [5.41, 5.74) is 5.45. The minimum absolute atomic E-state index is 0.128. The number of hydrogen-bond donors (Lipinski definition) is 1. The van der Waals surface area contributed by atoms with E-state index in [0.29, 0.717) is 36.2 Å². The Bertz CT molecular complexity index is 1320. The average Bonchev–Trinajstić information content (AvgIpc) is 3.16. The monoisotopic (exact) mass is 415 g/mol. The maximum atomic E-state index is 12.9. The Morgan fingerprint density at radius 1 is 1.06 bits per heavy atom. The van der Waals surface area contributed by atoms with Gasteiger partial charge in [-0.25, -0.2) is 9.67 Å². The Morgan fingerprint density at radius 3 is 2.68 bits per heavy atom. The second-order valence-corrected chi connectivity index (χ2v) is 7.83. The molecule has 0 aliphatic rings. The van der Waals surface area contributed by atoms with E-state index in [4.69, 9.17) is 0 Å². The molecule has 2 aromatic carbocycles. The van der Waals surface area contributed by atoms with E-state index in [9.17, 15) is 9.59 Å². The maximum Gasteiger partial charge on any atom is 0.264 e. The van der Waals surface area contributed by atoms with Gasteiger partial charge < -0.3 is 5.32 Å². The first-order chi connectivity index (χ1) is 14.9. The smallest absolute Gasteiger partial charge is 0.264 e. The van der Waals surface area contributed by atoms with Crippen LogP contribution in [0.5, 0.6) is 0 Å². The van der Waals surface area contributed by atoms with Crippen LogP contribution in [0.2, 0.25) is 0 Å². The Balaban J connectivity index is 1.45. The van der Waals surface area contributed by atoms with Crippen molar-refractivity contribution < 1.29 is 4.79 Å². The third-order valence-corrected chi connectivity index (χ3v) is 5.44. The Morgan fingerprint density at radius 2 is 1.90 bits per heavy atom. The highest BCUT2D eigenvalue weighted by atomic mass is 16.1. The lowest BCUT2D eigenvalue weighted by atomic mass is 10.1. The minimum atomic E-state index is -0.131. The molecule has 4 rings (SSSR count). The van der Waals surface area contributed by atoms with E-state index in [1.54, 1.807) is 21.8 Å². The Hall–Kier alpha value is -3.74. The second-order valence-electron chi connectivity index (χ2n) is 7.83. The van der Waals surface area contributed by atoms with Gasteiger partial charge >= 0.3 is 0 Å². The molecule has 0 aliphatic heterocycles. The Kier molecular flexibility index (Phi) is 5.66. The van der Waals surface area contributed by atoms with Crippen LogP contribution in [-0.4, -0.2) is 31.8 Å². The second kappa shape index (κ2) is 8.55. The summed E-state index contributed by atoms with van der Waals surface area (Å²) in [6.45, 7) is 7.29. The molecule has 7 heteroatoms. The van der Waals surface area contributed by atoms with Crippen LogP contribution in [0.3, 0.4) is 0 Å². The highest BCUT2D eigenvalue weighted by molar-refractivity contribution is 5.94. The molecule has 0 unspecified atom stereocenters. The summed E-state index contributed by atoms with van der Waals surface area (Å²) in [6.07, 6.45) is 3.10. The quantitative estimate of drug-likeness (QED) is 0.525. The fraction of sp³-hybridized carbons (Fsp3) is 0.250. The van der Waals surface area contributed by atoms with Crippen LogP contribution in [0.25, 0.3) is 11.0 Å². The van der Waals surface area contributed by atoms with E-state index >= 15 is 0 Å². The van der Waals surface area contributed by atoms with E-state index in [0.717, 1.165) is 22.3 Å². The predicted octanol–water partition coefficient (Wildman–Crippen LogP) is 3.00. The highest BCUT2D eigenvalue weighted by Gasteiger charge is 2.11. The van der Waals surface area contributed by atoms with Crippen molar-refractivity contribution in [2.45, 2.75) is 33.9 Å². The van der Waals surface area contributed by atoms with Gasteiger partial charge in [-0.15, -0.1) is 0 Å². The Labute approximate surface area is 180 Å². The minimum Gasteiger partial charge on any atom is -0.350 e. The van der Waals surface area contributed by atoms with Gasteiger partial charge in [-0.2, -0.15) is 5.10 Å². The standard InChI is InChI=1S/C24H25N5O2/c1-16-5-4-6-19(11-16)14-28-15-26-22-21(24(28)31)13-27-29(22)10-9-25-23(30)20-8-7-17(2)18(3)12-20/h4-8,11-13,15H,9-10,14H2,1-3H3,(H,25,30). The van der Waals surface area contributed by atoms with Gasteiger partial charge in [0.15, 0.2) is 5.65 Å². The highest BCUT2D eigenvalue weighted by Crippen LogP contribution is 2.10. The number of aryl methyl sites for hydroxylation is 3. The van der Waals surface area contributed by atoms with E-state index in [1.807, 2.05) is 57.2 Å².